The first-order valence-corrected chi connectivity index (χ1v) is 6.53. The number of aliphatic hydroxyl groups excluding tert-OH is 1. The molecule has 5 nitrogen and oxygen atoms in total. The average Bonchev–Trinajstić information content (AvgIpc) is 2.84. The number of hydrogen-bond acceptors (Lipinski definition) is 4. The topological polar surface area (TPSA) is 87.9 Å². The lowest BCUT2D eigenvalue weighted by Crippen LogP contribution is -2.04. The number of fused-ring (bicyclic) bond motifs is 1. The number of aliphatic hydroxyl groups is 1. The summed E-state index contributed by atoms with van der Waals surface area (Å²) < 4.78 is 1.81. The largest absolute Gasteiger partial charge is 0.399 e. The predicted molar refractivity (Wildman–Crippen MR) is 80.9 cm³/mol. The molecule has 104 valence electrons. The third-order valence-corrected chi connectivity index (χ3v) is 3.49. The monoisotopic (exact) mass is 278 g/mol. The molecule has 0 unspecified atom stereocenters. The van der Waals surface area contributed by atoms with Crippen LogP contribution in [0.3, 0.4) is 0 Å². The van der Waals surface area contributed by atoms with Crippen LogP contribution >= 0.6 is 0 Å². The molecule has 3 rings (SSSR count). The van der Waals surface area contributed by atoms with Crippen molar-refractivity contribution in [1.29, 1.82) is 5.26 Å². The van der Waals surface area contributed by atoms with Crippen LogP contribution in [0.2, 0.25) is 0 Å². The molecule has 0 atom stereocenters. The quantitative estimate of drug-likeness (QED) is 0.704. The summed E-state index contributed by atoms with van der Waals surface area (Å²) in [7, 11) is 0. The molecule has 0 fully saturated rings. The Bertz CT molecular complexity index is 874. The number of anilines is 1. The maximum absolute atomic E-state index is 9.59. The third kappa shape index (κ3) is 2.02. The van der Waals surface area contributed by atoms with Gasteiger partial charge >= 0.3 is 0 Å². The number of nitriles is 1. The Morgan fingerprint density at radius 2 is 2.14 bits per heavy atom. The molecule has 0 bridgehead atoms. The molecule has 0 aliphatic rings. The van der Waals surface area contributed by atoms with Crippen LogP contribution in [0, 0.1) is 18.3 Å². The van der Waals surface area contributed by atoms with Gasteiger partial charge in [0.05, 0.1) is 22.3 Å². The molecule has 0 saturated heterocycles. The van der Waals surface area contributed by atoms with Crippen LogP contribution in [0.4, 0.5) is 5.69 Å². The minimum absolute atomic E-state index is 0.215. The van der Waals surface area contributed by atoms with Gasteiger partial charge in [-0.25, -0.2) is 4.98 Å². The molecule has 5 heteroatoms. The second-order valence-corrected chi connectivity index (χ2v) is 4.85. The summed E-state index contributed by atoms with van der Waals surface area (Å²) in [6, 6.07) is 13.2. The Labute approximate surface area is 121 Å². The van der Waals surface area contributed by atoms with Gasteiger partial charge in [0.1, 0.15) is 18.5 Å². The average molecular weight is 278 g/mol. The van der Waals surface area contributed by atoms with Gasteiger partial charge in [0.25, 0.3) is 0 Å². The molecule has 0 aliphatic carbocycles. The van der Waals surface area contributed by atoms with Crippen LogP contribution in [-0.2, 0) is 6.61 Å². The molecular weight excluding hydrogens is 264 g/mol. The predicted octanol–water partition coefficient (Wildman–Crippen LogP) is 2.28. The Hall–Kier alpha value is -2.84. The third-order valence-electron chi connectivity index (χ3n) is 3.49. The van der Waals surface area contributed by atoms with Crippen LogP contribution in [0.1, 0.15) is 17.0 Å². The van der Waals surface area contributed by atoms with E-state index in [1.54, 1.807) is 16.7 Å². The maximum Gasteiger partial charge on any atom is 0.140 e. The Morgan fingerprint density at radius 3 is 2.86 bits per heavy atom. The zero-order chi connectivity index (χ0) is 15.0. The van der Waals surface area contributed by atoms with E-state index in [1.807, 2.05) is 31.2 Å². The molecule has 3 N–H and O–H groups in total. The highest BCUT2D eigenvalue weighted by atomic mass is 16.3. The summed E-state index contributed by atoms with van der Waals surface area (Å²) in [4.78, 5) is 4.40. The standard InChI is InChI=1S/C16H14N4O/c1-10-3-2-4-14(12(10)8-17)20-15-6-5-11(18)7-13(15)19-16(20)9-21/h2-7,21H,9,18H2,1H3. The van der Waals surface area contributed by atoms with Crippen LogP contribution in [0.25, 0.3) is 16.7 Å². The number of benzene rings is 2. The van der Waals surface area contributed by atoms with Gasteiger partial charge in [-0.3, -0.25) is 4.57 Å². The van der Waals surface area contributed by atoms with Gasteiger partial charge in [-0.05, 0) is 36.8 Å². The Balaban J connectivity index is 2.40. The molecular formula is C16H14N4O. The normalized spacial score (nSPS) is 10.7. The van der Waals surface area contributed by atoms with Gasteiger partial charge in [-0.15, -0.1) is 0 Å². The van der Waals surface area contributed by atoms with Gasteiger partial charge in [0.15, 0.2) is 0 Å². The highest BCUT2D eigenvalue weighted by Crippen LogP contribution is 2.26. The zero-order valence-electron chi connectivity index (χ0n) is 11.5. The first-order chi connectivity index (χ1) is 10.2. The van der Waals surface area contributed by atoms with Crippen molar-refractivity contribution in [3.8, 4) is 11.8 Å². The van der Waals surface area contributed by atoms with E-state index in [0.717, 1.165) is 11.1 Å². The van der Waals surface area contributed by atoms with E-state index < -0.39 is 0 Å². The lowest BCUT2D eigenvalue weighted by atomic mass is 10.1. The highest BCUT2D eigenvalue weighted by molar-refractivity contribution is 5.82. The lowest BCUT2D eigenvalue weighted by Gasteiger charge is -2.11. The molecule has 2 aromatic carbocycles. The number of rotatable bonds is 2. The second-order valence-electron chi connectivity index (χ2n) is 4.85. The first kappa shape index (κ1) is 13.2. The molecule has 0 amide bonds. The molecule has 1 heterocycles. The molecule has 0 saturated carbocycles. The van der Waals surface area contributed by atoms with E-state index in [1.165, 1.54) is 0 Å². The van der Waals surface area contributed by atoms with E-state index in [4.69, 9.17) is 5.73 Å². The van der Waals surface area contributed by atoms with Crippen molar-refractivity contribution in [2.75, 3.05) is 5.73 Å². The highest BCUT2D eigenvalue weighted by Gasteiger charge is 2.15. The van der Waals surface area contributed by atoms with E-state index in [9.17, 15) is 10.4 Å². The summed E-state index contributed by atoms with van der Waals surface area (Å²) in [5.74, 6) is 0.484. The fourth-order valence-corrected chi connectivity index (χ4v) is 2.51. The van der Waals surface area contributed by atoms with Gasteiger partial charge in [0, 0.05) is 5.69 Å². The maximum atomic E-state index is 9.59. The van der Waals surface area contributed by atoms with Crippen molar-refractivity contribution in [2.24, 2.45) is 0 Å². The van der Waals surface area contributed by atoms with Gasteiger partial charge in [-0.2, -0.15) is 5.26 Å². The molecule has 0 spiro atoms. The summed E-state index contributed by atoms with van der Waals surface area (Å²) >= 11 is 0. The number of nitrogen functional groups attached to an aromatic ring is 1. The molecule has 0 aliphatic heterocycles. The van der Waals surface area contributed by atoms with E-state index in [-0.39, 0.29) is 6.61 Å². The molecule has 21 heavy (non-hydrogen) atoms. The van der Waals surface area contributed by atoms with Crippen molar-refractivity contribution in [3.05, 3.63) is 53.3 Å². The smallest absolute Gasteiger partial charge is 0.140 e. The number of aryl methyl sites for hydroxylation is 1. The molecule has 3 aromatic rings. The van der Waals surface area contributed by atoms with Gasteiger partial charge < -0.3 is 10.8 Å². The van der Waals surface area contributed by atoms with Crippen LogP contribution < -0.4 is 5.73 Å². The summed E-state index contributed by atoms with van der Waals surface area (Å²) in [6.07, 6.45) is 0. The summed E-state index contributed by atoms with van der Waals surface area (Å²) in [6.45, 7) is 1.67. The van der Waals surface area contributed by atoms with Crippen molar-refractivity contribution in [2.45, 2.75) is 13.5 Å². The number of hydrogen-bond donors (Lipinski definition) is 2. The van der Waals surface area contributed by atoms with E-state index in [0.29, 0.717) is 28.3 Å². The molecule has 0 radical (unpaired) electrons. The SMILES string of the molecule is Cc1cccc(-n2c(CO)nc3cc(N)ccc32)c1C#N. The molecule has 1 aromatic heterocycles. The van der Waals surface area contributed by atoms with Gasteiger partial charge in [0.2, 0.25) is 0 Å². The first-order valence-electron chi connectivity index (χ1n) is 6.53. The number of nitrogens with zero attached hydrogens (tertiary/aromatic N) is 3. The summed E-state index contributed by atoms with van der Waals surface area (Å²) in [5, 5.41) is 19.0. The van der Waals surface area contributed by atoms with E-state index in [2.05, 4.69) is 11.1 Å². The van der Waals surface area contributed by atoms with Crippen molar-refractivity contribution < 1.29 is 5.11 Å². The minimum atomic E-state index is -0.215. The zero-order valence-corrected chi connectivity index (χ0v) is 11.5. The Morgan fingerprint density at radius 1 is 1.33 bits per heavy atom. The lowest BCUT2D eigenvalue weighted by molar-refractivity contribution is 0.270. The fraction of sp³-hybridized carbons (Fsp3) is 0.125. The summed E-state index contributed by atoms with van der Waals surface area (Å²) in [5.41, 5.74) is 10.1. The van der Waals surface area contributed by atoms with Crippen LogP contribution in [-0.4, -0.2) is 14.7 Å². The number of aromatic nitrogens is 2. The van der Waals surface area contributed by atoms with Crippen LogP contribution in [0.15, 0.2) is 36.4 Å². The van der Waals surface area contributed by atoms with Crippen LogP contribution in [0.5, 0.6) is 0 Å². The minimum Gasteiger partial charge on any atom is -0.399 e. The number of nitrogens with two attached hydrogens (primary N) is 1. The fourth-order valence-electron chi connectivity index (χ4n) is 2.51. The second kappa shape index (κ2) is 4.93. The van der Waals surface area contributed by atoms with Crippen molar-refractivity contribution in [1.82, 2.24) is 9.55 Å². The number of imidazole rings is 1. The Kier molecular flexibility index (Phi) is 3.09. The van der Waals surface area contributed by atoms with Crippen molar-refractivity contribution in [3.63, 3.8) is 0 Å². The van der Waals surface area contributed by atoms with Crippen molar-refractivity contribution >= 4 is 16.7 Å². The van der Waals surface area contributed by atoms with E-state index >= 15 is 0 Å². The van der Waals surface area contributed by atoms with Gasteiger partial charge in [-0.1, -0.05) is 12.1 Å².